The maximum absolute atomic E-state index is 11.7. The van der Waals surface area contributed by atoms with Crippen LogP contribution in [0.25, 0.3) is 0 Å². The van der Waals surface area contributed by atoms with Gasteiger partial charge in [0.1, 0.15) is 0 Å². The van der Waals surface area contributed by atoms with E-state index in [1.165, 1.54) is 7.11 Å². The van der Waals surface area contributed by atoms with Gasteiger partial charge in [-0.3, -0.25) is 4.79 Å². The first kappa shape index (κ1) is 16.1. The molecule has 20 heavy (non-hydrogen) atoms. The van der Waals surface area contributed by atoms with E-state index in [2.05, 4.69) is 11.3 Å². The maximum atomic E-state index is 11.7. The van der Waals surface area contributed by atoms with Gasteiger partial charge in [0.25, 0.3) is 0 Å². The minimum atomic E-state index is -0.826. The number of benzene rings is 1. The number of ketones is 1. The van der Waals surface area contributed by atoms with Crippen LogP contribution in [0.5, 0.6) is 0 Å². The fourth-order valence-electron chi connectivity index (χ4n) is 1.78. The number of hydrogen-bond acceptors (Lipinski definition) is 4. The first-order chi connectivity index (χ1) is 9.60. The minimum Gasteiger partial charge on any atom is -0.463 e. The molecule has 1 rings (SSSR count). The van der Waals surface area contributed by atoms with Crippen molar-refractivity contribution in [1.82, 2.24) is 0 Å². The van der Waals surface area contributed by atoms with E-state index in [-0.39, 0.29) is 5.92 Å². The van der Waals surface area contributed by atoms with Gasteiger partial charge in [-0.05, 0) is 5.56 Å². The molecule has 0 bridgehead atoms. The largest absolute Gasteiger partial charge is 0.463 e. The fraction of sp³-hybridized carbons (Fsp3) is 0.375. The number of methoxy groups -OCH3 is 1. The zero-order valence-electron chi connectivity index (χ0n) is 11.9. The minimum absolute atomic E-state index is 0.217. The highest BCUT2D eigenvalue weighted by molar-refractivity contribution is 6.34. The molecule has 1 aromatic rings. The van der Waals surface area contributed by atoms with E-state index in [1.807, 2.05) is 30.3 Å². The summed E-state index contributed by atoms with van der Waals surface area (Å²) in [7, 11) is 1.20. The van der Waals surface area contributed by atoms with Gasteiger partial charge >= 0.3 is 5.97 Å². The SMILES string of the molecule is C=C[C@@H](COCc1ccccc1)[C@@H](C)C(=O)C(=O)OC. The first-order valence-corrected chi connectivity index (χ1v) is 6.46. The summed E-state index contributed by atoms with van der Waals surface area (Å²) < 4.78 is 10.0. The Hall–Kier alpha value is -1.94. The van der Waals surface area contributed by atoms with Crippen molar-refractivity contribution < 1.29 is 19.1 Å². The molecule has 0 saturated heterocycles. The summed E-state index contributed by atoms with van der Waals surface area (Å²) in [5.41, 5.74) is 1.06. The van der Waals surface area contributed by atoms with Crippen molar-refractivity contribution in [2.24, 2.45) is 11.8 Å². The lowest BCUT2D eigenvalue weighted by molar-refractivity contribution is -0.154. The van der Waals surface area contributed by atoms with Gasteiger partial charge in [-0.2, -0.15) is 0 Å². The van der Waals surface area contributed by atoms with Crippen LogP contribution < -0.4 is 0 Å². The molecule has 0 N–H and O–H groups in total. The predicted octanol–water partition coefficient (Wildman–Crippen LogP) is 2.38. The third-order valence-electron chi connectivity index (χ3n) is 3.17. The van der Waals surface area contributed by atoms with Crippen molar-refractivity contribution in [3.63, 3.8) is 0 Å². The number of hydrogen-bond donors (Lipinski definition) is 0. The van der Waals surface area contributed by atoms with Gasteiger partial charge in [0, 0.05) is 11.8 Å². The highest BCUT2D eigenvalue weighted by atomic mass is 16.5. The Morgan fingerprint density at radius 1 is 1.30 bits per heavy atom. The van der Waals surface area contributed by atoms with E-state index in [0.29, 0.717) is 13.2 Å². The highest BCUT2D eigenvalue weighted by Gasteiger charge is 2.27. The van der Waals surface area contributed by atoms with E-state index in [4.69, 9.17) is 4.74 Å². The zero-order chi connectivity index (χ0) is 15.0. The third-order valence-corrected chi connectivity index (χ3v) is 3.17. The van der Waals surface area contributed by atoms with Crippen LogP contribution in [0.3, 0.4) is 0 Å². The molecule has 0 unspecified atom stereocenters. The Labute approximate surface area is 119 Å². The molecule has 0 saturated carbocycles. The Kier molecular flexibility index (Phi) is 6.67. The van der Waals surface area contributed by atoms with Crippen LogP contribution in [-0.4, -0.2) is 25.5 Å². The van der Waals surface area contributed by atoms with Crippen LogP contribution in [0.4, 0.5) is 0 Å². The molecule has 0 fully saturated rings. The second-order valence-corrected chi connectivity index (χ2v) is 4.54. The molecule has 0 heterocycles. The Balaban J connectivity index is 2.48. The first-order valence-electron chi connectivity index (χ1n) is 6.46. The topological polar surface area (TPSA) is 52.6 Å². The second-order valence-electron chi connectivity index (χ2n) is 4.54. The van der Waals surface area contributed by atoms with Gasteiger partial charge in [0.15, 0.2) is 0 Å². The Bertz CT molecular complexity index is 453. The Morgan fingerprint density at radius 2 is 1.95 bits per heavy atom. The lowest BCUT2D eigenvalue weighted by atomic mass is 9.91. The molecule has 108 valence electrons. The van der Waals surface area contributed by atoms with Crippen molar-refractivity contribution in [2.75, 3.05) is 13.7 Å². The van der Waals surface area contributed by atoms with Gasteiger partial charge < -0.3 is 9.47 Å². The maximum Gasteiger partial charge on any atom is 0.374 e. The number of rotatable bonds is 8. The van der Waals surface area contributed by atoms with Gasteiger partial charge in [-0.15, -0.1) is 6.58 Å². The second kappa shape index (κ2) is 8.27. The van der Waals surface area contributed by atoms with Gasteiger partial charge in [-0.1, -0.05) is 43.3 Å². The molecule has 0 aliphatic carbocycles. The summed E-state index contributed by atoms with van der Waals surface area (Å²) in [5, 5.41) is 0. The molecule has 4 nitrogen and oxygen atoms in total. The van der Waals surface area contributed by atoms with Crippen molar-refractivity contribution in [2.45, 2.75) is 13.5 Å². The number of Topliss-reactive ketones (excluding diaryl/α,β-unsaturated/α-hetero) is 1. The average molecular weight is 276 g/mol. The van der Waals surface area contributed by atoms with Gasteiger partial charge in [-0.25, -0.2) is 4.79 Å². The zero-order valence-corrected chi connectivity index (χ0v) is 11.9. The average Bonchev–Trinajstić information content (AvgIpc) is 2.50. The lowest BCUT2D eigenvalue weighted by Crippen LogP contribution is -2.30. The lowest BCUT2D eigenvalue weighted by Gasteiger charge is -2.18. The quantitative estimate of drug-likeness (QED) is 0.415. The van der Waals surface area contributed by atoms with Crippen LogP contribution in [0.2, 0.25) is 0 Å². The molecule has 2 atom stereocenters. The molecule has 0 amide bonds. The van der Waals surface area contributed by atoms with Crippen LogP contribution in [-0.2, 0) is 25.7 Å². The predicted molar refractivity (Wildman–Crippen MR) is 76.0 cm³/mol. The van der Waals surface area contributed by atoms with Crippen molar-refractivity contribution in [3.05, 3.63) is 48.6 Å². The summed E-state index contributed by atoms with van der Waals surface area (Å²) in [6.45, 7) is 6.17. The van der Waals surface area contributed by atoms with Crippen molar-refractivity contribution >= 4 is 11.8 Å². The molecular formula is C16H20O4. The summed E-state index contributed by atoms with van der Waals surface area (Å²) in [6.07, 6.45) is 1.64. The smallest absolute Gasteiger partial charge is 0.374 e. The van der Waals surface area contributed by atoms with Gasteiger partial charge in [0.2, 0.25) is 5.78 Å². The van der Waals surface area contributed by atoms with Crippen LogP contribution in [0, 0.1) is 11.8 Å². The number of carbonyl (C=O) groups is 2. The van der Waals surface area contributed by atoms with E-state index < -0.39 is 17.7 Å². The molecule has 0 aromatic heterocycles. The summed E-state index contributed by atoms with van der Waals surface area (Å²) in [6, 6.07) is 9.74. The monoisotopic (exact) mass is 276 g/mol. The molecule has 1 aromatic carbocycles. The van der Waals surface area contributed by atoms with Crippen LogP contribution >= 0.6 is 0 Å². The fourth-order valence-corrected chi connectivity index (χ4v) is 1.78. The number of carbonyl (C=O) groups excluding carboxylic acids is 2. The summed E-state index contributed by atoms with van der Waals surface area (Å²) >= 11 is 0. The van der Waals surface area contributed by atoms with E-state index >= 15 is 0 Å². The van der Waals surface area contributed by atoms with Gasteiger partial charge in [0.05, 0.1) is 20.3 Å². The molecule has 0 aliphatic heterocycles. The normalized spacial score (nSPS) is 13.3. The molecule has 0 radical (unpaired) electrons. The molecule has 0 spiro atoms. The van der Waals surface area contributed by atoms with E-state index in [0.717, 1.165) is 5.56 Å². The van der Waals surface area contributed by atoms with E-state index in [9.17, 15) is 9.59 Å². The molecule has 4 heteroatoms. The summed E-state index contributed by atoms with van der Waals surface area (Å²) in [5.74, 6) is -2.10. The number of esters is 1. The third kappa shape index (κ3) is 4.63. The standard InChI is InChI=1S/C16H20O4/c1-4-14(12(2)15(17)16(18)19-3)11-20-10-13-8-6-5-7-9-13/h4-9,12,14H,1,10-11H2,2-3H3/t12-,14+/m1/s1. The summed E-state index contributed by atoms with van der Waals surface area (Å²) in [4.78, 5) is 23.0. The van der Waals surface area contributed by atoms with Crippen LogP contribution in [0.1, 0.15) is 12.5 Å². The van der Waals surface area contributed by atoms with Crippen molar-refractivity contribution in [3.8, 4) is 0 Å². The highest BCUT2D eigenvalue weighted by Crippen LogP contribution is 2.16. The molecular weight excluding hydrogens is 256 g/mol. The van der Waals surface area contributed by atoms with Crippen LogP contribution in [0.15, 0.2) is 43.0 Å². The number of ether oxygens (including phenoxy) is 2. The van der Waals surface area contributed by atoms with Crippen molar-refractivity contribution in [1.29, 1.82) is 0 Å². The van der Waals surface area contributed by atoms with E-state index in [1.54, 1.807) is 13.0 Å². The molecule has 0 aliphatic rings. The Morgan fingerprint density at radius 3 is 2.50 bits per heavy atom.